The number of benzene rings is 2. The van der Waals surface area contributed by atoms with Crippen molar-refractivity contribution in [3.05, 3.63) is 65.0 Å². The molecule has 1 fully saturated rings. The smallest absolute Gasteiger partial charge is 0.129 e. The molecule has 144 valence electrons. The third-order valence-corrected chi connectivity index (χ3v) is 6.53. The Morgan fingerprint density at radius 1 is 1.10 bits per heavy atom. The van der Waals surface area contributed by atoms with E-state index in [0.717, 1.165) is 36.2 Å². The molecule has 0 N–H and O–H groups in total. The van der Waals surface area contributed by atoms with Crippen molar-refractivity contribution < 1.29 is 4.74 Å². The SMILES string of the molecule is CCc1c(C)cc2nc(C3CC3)ccc2c1-c1ccc2c3c(ccnc13)CCO2. The molecule has 0 amide bonds. The lowest BCUT2D eigenvalue weighted by molar-refractivity contribution is 0.318. The molecule has 2 aromatic carbocycles. The Hall–Kier alpha value is -2.94. The Morgan fingerprint density at radius 2 is 2.00 bits per heavy atom. The van der Waals surface area contributed by atoms with Crippen LogP contribution in [0.1, 0.15) is 48.1 Å². The summed E-state index contributed by atoms with van der Waals surface area (Å²) in [6.07, 6.45) is 6.42. The van der Waals surface area contributed by atoms with E-state index in [9.17, 15) is 0 Å². The van der Waals surface area contributed by atoms with Gasteiger partial charge in [-0.1, -0.05) is 13.0 Å². The Bertz CT molecular complexity index is 1280. The first-order valence-corrected chi connectivity index (χ1v) is 10.7. The van der Waals surface area contributed by atoms with Gasteiger partial charge in [0.05, 0.1) is 17.6 Å². The van der Waals surface area contributed by atoms with Gasteiger partial charge in [-0.25, -0.2) is 0 Å². The average Bonchev–Trinajstić information content (AvgIpc) is 3.59. The highest BCUT2D eigenvalue weighted by atomic mass is 16.5. The number of pyridine rings is 2. The predicted molar refractivity (Wildman–Crippen MR) is 118 cm³/mol. The van der Waals surface area contributed by atoms with Crippen LogP contribution >= 0.6 is 0 Å². The largest absolute Gasteiger partial charge is 0.493 e. The number of ether oxygens (including phenoxy) is 1. The molecular weight excluding hydrogens is 356 g/mol. The van der Waals surface area contributed by atoms with Crippen LogP contribution in [0.3, 0.4) is 0 Å². The standard InChI is InChI=1S/C26H24N2O/c1-3-18-15(2)14-22-19(6-8-21(28-22)16-4-5-16)25(18)20-7-9-23-24-17(11-13-29-23)10-12-27-26(20)24/h6-10,12,14,16H,3-5,11,13H2,1-2H3. The normalized spacial score (nSPS) is 15.7. The van der Waals surface area contributed by atoms with Crippen LogP contribution in [0.4, 0.5) is 0 Å². The van der Waals surface area contributed by atoms with Gasteiger partial charge in [0, 0.05) is 40.6 Å². The molecule has 0 atom stereocenters. The minimum atomic E-state index is 0.661. The zero-order valence-corrected chi connectivity index (χ0v) is 17.0. The monoisotopic (exact) mass is 380 g/mol. The molecule has 3 heterocycles. The number of nitrogens with zero attached hydrogens (tertiary/aromatic N) is 2. The van der Waals surface area contributed by atoms with E-state index in [2.05, 4.69) is 50.2 Å². The first-order chi connectivity index (χ1) is 14.2. The molecule has 1 aliphatic carbocycles. The molecule has 0 bridgehead atoms. The van der Waals surface area contributed by atoms with Crippen molar-refractivity contribution in [1.82, 2.24) is 9.97 Å². The Labute approximate surface area is 170 Å². The second-order valence-corrected chi connectivity index (χ2v) is 8.38. The summed E-state index contributed by atoms with van der Waals surface area (Å²) < 4.78 is 5.95. The van der Waals surface area contributed by atoms with Gasteiger partial charge in [0.15, 0.2) is 0 Å². The van der Waals surface area contributed by atoms with Crippen LogP contribution in [-0.2, 0) is 12.8 Å². The molecule has 3 nitrogen and oxygen atoms in total. The topological polar surface area (TPSA) is 35.0 Å². The molecule has 4 aromatic rings. The molecule has 0 spiro atoms. The number of hydrogen-bond acceptors (Lipinski definition) is 3. The lowest BCUT2D eigenvalue weighted by Crippen LogP contribution is -2.09. The molecule has 2 aromatic heterocycles. The minimum Gasteiger partial charge on any atom is -0.493 e. The van der Waals surface area contributed by atoms with E-state index >= 15 is 0 Å². The van der Waals surface area contributed by atoms with E-state index in [1.165, 1.54) is 57.1 Å². The summed E-state index contributed by atoms with van der Waals surface area (Å²) in [7, 11) is 0. The average molecular weight is 380 g/mol. The van der Waals surface area contributed by atoms with E-state index in [1.807, 2.05) is 6.20 Å². The van der Waals surface area contributed by atoms with Crippen LogP contribution < -0.4 is 4.74 Å². The second-order valence-electron chi connectivity index (χ2n) is 8.38. The molecule has 0 saturated heterocycles. The van der Waals surface area contributed by atoms with Crippen molar-refractivity contribution in [2.24, 2.45) is 0 Å². The van der Waals surface area contributed by atoms with Gasteiger partial charge in [-0.2, -0.15) is 0 Å². The molecule has 0 unspecified atom stereocenters. The first-order valence-electron chi connectivity index (χ1n) is 10.7. The number of aromatic nitrogens is 2. The van der Waals surface area contributed by atoms with E-state index in [1.54, 1.807) is 0 Å². The van der Waals surface area contributed by atoms with Gasteiger partial charge in [0.1, 0.15) is 5.75 Å². The lowest BCUT2D eigenvalue weighted by Gasteiger charge is -2.21. The fourth-order valence-corrected chi connectivity index (χ4v) is 4.94. The number of aryl methyl sites for hydroxylation is 1. The molecule has 29 heavy (non-hydrogen) atoms. The van der Waals surface area contributed by atoms with Crippen LogP contribution in [0.2, 0.25) is 0 Å². The van der Waals surface area contributed by atoms with Crippen LogP contribution in [0.25, 0.3) is 32.9 Å². The van der Waals surface area contributed by atoms with E-state index in [-0.39, 0.29) is 0 Å². The van der Waals surface area contributed by atoms with Crippen LogP contribution in [0, 0.1) is 6.92 Å². The molecule has 1 aliphatic heterocycles. The summed E-state index contributed by atoms with van der Waals surface area (Å²) in [5.41, 5.74) is 9.92. The highest BCUT2D eigenvalue weighted by molar-refractivity contribution is 6.07. The Balaban J connectivity index is 1.70. The maximum atomic E-state index is 5.95. The lowest BCUT2D eigenvalue weighted by atomic mass is 9.88. The fourth-order valence-electron chi connectivity index (χ4n) is 4.94. The number of hydrogen-bond donors (Lipinski definition) is 0. The van der Waals surface area contributed by atoms with Gasteiger partial charge in [-0.15, -0.1) is 0 Å². The fraction of sp³-hybridized carbons (Fsp3) is 0.308. The zero-order valence-electron chi connectivity index (χ0n) is 17.0. The second kappa shape index (κ2) is 6.28. The molecular formula is C26H24N2O. The number of fused-ring (bicyclic) bond motifs is 1. The molecule has 2 aliphatic rings. The van der Waals surface area contributed by atoms with Crippen molar-refractivity contribution in [1.29, 1.82) is 0 Å². The Morgan fingerprint density at radius 3 is 2.83 bits per heavy atom. The highest BCUT2D eigenvalue weighted by Crippen LogP contribution is 2.44. The summed E-state index contributed by atoms with van der Waals surface area (Å²) in [4.78, 5) is 9.89. The van der Waals surface area contributed by atoms with Crippen molar-refractivity contribution in [3.63, 3.8) is 0 Å². The van der Waals surface area contributed by atoms with Crippen molar-refractivity contribution in [2.75, 3.05) is 6.61 Å². The zero-order chi connectivity index (χ0) is 19.5. The maximum absolute atomic E-state index is 5.95. The molecule has 0 radical (unpaired) electrons. The summed E-state index contributed by atoms with van der Waals surface area (Å²) in [6.45, 7) is 5.20. The molecule has 3 heteroatoms. The third kappa shape index (κ3) is 2.57. The summed E-state index contributed by atoms with van der Waals surface area (Å²) in [5.74, 6) is 1.62. The third-order valence-electron chi connectivity index (χ3n) is 6.53. The first kappa shape index (κ1) is 17.0. The van der Waals surface area contributed by atoms with E-state index < -0.39 is 0 Å². The van der Waals surface area contributed by atoms with Crippen molar-refractivity contribution in [3.8, 4) is 16.9 Å². The van der Waals surface area contributed by atoms with E-state index in [0.29, 0.717) is 5.92 Å². The molecule has 6 rings (SSSR count). The number of rotatable bonds is 3. The van der Waals surface area contributed by atoms with Gasteiger partial charge < -0.3 is 4.74 Å². The van der Waals surface area contributed by atoms with Gasteiger partial charge in [0.2, 0.25) is 0 Å². The van der Waals surface area contributed by atoms with Crippen molar-refractivity contribution >= 4 is 21.8 Å². The van der Waals surface area contributed by atoms with E-state index in [4.69, 9.17) is 14.7 Å². The quantitative estimate of drug-likeness (QED) is 0.429. The van der Waals surface area contributed by atoms with Crippen LogP contribution in [0.5, 0.6) is 5.75 Å². The van der Waals surface area contributed by atoms with Gasteiger partial charge in [0.25, 0.3) is 0 Å². The predicted octanol–water partition coefficient (Wildman–Crippen LogP) is 6.13. The summed E-state index contributed by atoms with van der Waals surface area (Å²) in [6, 6.07) is 13.3. The van der Waals surface area contributed by atoms with Crippen molar-refractivity contribution in [2.45, 2.75) is 45.4 Å². The van der Waals surface area contributed by atoms with Gasteiger partial charge in [-0.3, -0.25) is 9.97 Å². The van der Waals surface area contributed by atoms with Crippen LogP contribution in [0.15, 0.2) is 42.6 Å². The molecule has 1 saturated carbocycles. The minimum absolute atomic E-state index is 0.661. The van der Waals surface area contributed by atoms with Gasteiger partial charge in [-0.05, 0) is 78.8 Å². The Kier molecular flexibility index (Phi) is 3.67. The van der Waals surface area contributed by atoms with Gasteiger partial charge >= 0.3 is 0 Å². The summed E-state index contributed by atoms with van der Waals surface area (Å²) in [5, 5.41) is 2.41. The summed E-state index contributed by atoms with van der Waals surface area (Å²) >= 11 is 0. The van der Waals surface area contributed by atoms with Crippen LogP contribution in [-0.4, -0.2) is 16.6 Å². The highest BCUT2D eigenvalue weighted by Gasteiger charge is 2.26. The maximum Gasteiger partial charge on any atom is 0.129 e.